The van der Waals surface area contributed by atoms with Crippen molar-refractivity contribution < 1.29 is 14.3 Å². The summed E-state index contributed by atoms with van der Waals surface area (Å²) in [5.74, 6) is -0.153. The molecular weight excluding hydrogens is 416 g/mol. The van der Waals surface area contributed by atoms with E-state index in [4.69, 9.17) is 28.6 Å². The molecule has 0 unspecified atom stereocenters. The topological polar surface area (TPSA) is 58.6 Å². The number of hydrogen-bond donors (Lipinski definition) is 1. The zero-order valence-corrected chi connectivity index (χ0v) is 16.9. The molecule has 1 N–H and O–H groups in total. The molecule has 1 fully saturated rings. The van der Waals surface area contributed by atoms with Crippen molar-refractivity contribution in [1.82, 2.24) is 10.4 Å². The maximum absolute atomic E-state index is 12.6. The molecule has 1 saturated heterocycles. The molecule has 0 saturated carbocycles. The molecule has 8 heteroatoms. The van der Waals surface area contributed by atoms with Crippen molar-refractivity contribution >= 4 is 57.8 Å². The average Bonchev–Trinajstić information content (AvgIpc) is 2.95. The van der Waals surface area contributed by atoms with Crippen molar-refractivity contribution in [2.45, 2.75) is 0 Å². The lowest BCUT2D eigenvalue weighted by atomic mass is 10.2. The molecule has 0 spiro atoms. The Hall–Kier alpha value is -2.61. The first-order valence-electron chi connectivity index (χ1n) is 8.16. The second-order valence-corrected chi connectivity index (χ2v) is 7.75. The third kappa shape index (κ3) is 4.81. The number of nitrogens with zero attached hydrogens (tertiary/aromatic N) is 1. The monoisotopic (exact) mass is 430 g/mol. The fraction of sp³-hybridized carbons (Fsp3) is 0.0500. The normalized spacial score (nSPS) is 15.0. The van der Waals surface area contributed by atoms with Gasteiger partial charge in [-0.3, -0.25) is 15.0 Å². The zero-order valence-electron chi connectivity index (χ0n) is 14.6. The van der Waals surface area contributed by atoms with Crippen molar-refractivity contribution in [3.8, 4) is 5.75 Å². The first-order valence-corrected chi connectivity index (χ1v) is 9.76. The van der Waals surface area contributed by atoms with Gasteiger partial charge in [-0.25, -0.2) is 0 Å². The Morgan fingerprint density at radius 3 is 2.71 bits per heavy atom. The fourth-order valence-electron chi connectivity index (χ4n) is 2.33. The van der Waals surface area contributed by atoms with Crippen LogP contribution in [0.25, 0.3) is 6.08 Å². The van der Waals surface area contributed by atoms with E-state index in [1.165, 1.54) is 6.07 Å². The van der Waals surface area contributed by atoms with Gasteiger partial charge in [0.2, 0.25) is 0 Å². The number of nitrogens with one attached hydrogen (secondary N) is 1. The van der Waals surface area contributed by atoms with Gasteiger partial charge in [0.25, 0.3) is 11.8 Å². The highest BCUT2D eigenvalue weighted by molar-refractivity contribution is 8.26. The number of hydrogen-bond acceptors (Lipinski definition) is 5. The van der Waals surface area contributed by atoms with Crippen LogP contribution >= 0.6 is 35.6 Å². The lowest BCUT2D eigenvalue weighted by Crippen LogP contribution is -2.44. The molecule has 142 valence electrons. The molecule has 0 bridgehead atoms. The summed E-state index contributed by atoms with van der Waals surface area (Å²) in [6, 6.07) is 13.7. The third-order valence-electron chi connectivity index (χ3n) is 3.64. The van der Waals surface area contributed by atoms with Crippen LogP contribution in [0.3, 0.4) is 0 Å². The average molecular weight is 431 g/mol. The fourth-order valence-corrected chi connectivity index (χ4v) is 3.70. The molecule has 5 nitrogen and oxygen atoms in total. The van der Waals surface area contributed by atoms with E-state index in [0.29, 0.717) is 27.8 Å². The molecule has 0 radical (unpaired) electrons. The van der Waals surface area contributed by atoms with Crippen LogP contribution in [-0.2, 0) is 4.79 Å². The summed E-state index contributed by atoms with van der Waals surface area (Å²) >= 11 is 12.3. The lowest BCUT2D eigenvalue weighted by molar-refractivity contribution is -0.123. The van der Waals surface area contributed by atoms with E-state index in [-0.39, 0.29) is 4.32 Å². The summed E-state index contributed by atoms with van der Waals surface area (Å²) in [6.07, 6.45) is 3.37. The molecule has 2 amide bonds. The van der Waals surface area contributed by atoms with Crippen molar-refractivity contribution in [1.29, 1.82) is 0 Å². The van der Waals surface area contributed by atoms with E-state index in [2.05, 4.69) is 12.0 Å². The number of thiocarbonyl (C=S) groups is 1. The van der Waals surface area contributed by atoms with Gasteiger partial charge in [0.1, 0.15) is 12.4 Å². The number of ether oxygens (including phenoxy) is 1. The highest BCUT2D eigenvalue weighted by Gasteiger charge is 2.33. The molecule has 1 aliphatic rings. The number of thioether (sulfide) groups is 1. The van der Waals surface area contributed by atoms with Crippen molar-refractivity contribution in [2.24, 2.45) is 0 Å². The van der Waals surface area contributed by atoms with Crippen LogP contribution in [0.15, 0.2) is 66.1 Å². The zero-order chi connectivity index (χ0) is 20.1. The first-order chi connectivity index (χ1) is 13.5. The summed E-state index contributed by atoms with van der Waals surface area (Å²) in [7, 11) is 0. The summed E-state index contributed by atoms with van der Waals surface area (Å²) < 4.78 is 5.68. The molecule has 2 aromatic rings. The number of halogens is 1. The molecular formula is C20H15ClN2O3S2. The van der Waals surface area contributed by atoms with Crippen LogP contribution in [0.5, 0.6) is 5.75 Å². The number of carbonyl (C=O) groups excluding carboxylic acids is 2. The smallest absolute Gasteiger partial charge is 0.285 e. The molecule has 28 heavy (non-hydrogen) atoms. The summed E-state index contributed by atoms with van der Waals surface area (Å²) in [6.45, 7) is 4.02. The van der Waals surface area contributed by atoms with Crippen LogP contribution in [-0.4, -0.2) is 27.8 Å². The largest absolute Gasteiger partial charge is 0.490 e. The van der Waals surface area contributed by atoms with Gasteiger partial charge in [-0.1, -0.05) is 54.2 Å². The second-order valence-electron chi connectivity index (χ2n) is 5.64. The summed E-state index contributed by atoms with van der Waals surface area (Å²) in [5, 5.41) is 1.50. The predicted octanol–water partition coefficient (Wildman–Crippen LogP) is 4.45. The van der Waals surface area contributed by atoms with Gasteiger partial charge in [0.05, 0.1) is 4.91 Å². The highest BCUT2D eigenvalue weighted by atomic mass is 35.5. The van der Waals surface area contributed by atoms with E-state index >= 15 is 0 Å². The van der Waals surface area contributed by atoms with Gasteiger partial charge in [-0.15, -0.1) is 0 Å². The maximum Gasteiger partial charge on any atom is 0.285 e. The molecule has 0 aliphatic carbocycles. The predicted molar refractivity (Wildman–Crippen MR) is 116 cm³/mol. The Labute approximate surface area is 177 Å². The SMILES string of the molecule is C=CCOc1ccc(/C=C2/SC(=S)N(NC(=O)c3cccc(Cl)c3)C2=O)cc1. The van der Waals surface area contributed by atoms with E-state index < -0.39 is 11.8 Å². The molecule has 1 aliphatic heterocycles. The van der Waals surface area contributed by atoms with E-state index in [9.17, 15) is 9.59 Å². The highest BCUT2D eigenvalue weighted by Crippen LogP contribution is 2.31. The van der Waals surface area contributed by atoms with Gasteiger partial charge in [0.15, 0.2) is 4.32 Å². The Balaban J connectivity index is 1.71. The quantitative estimate of drug-likeness (QED) is 0.417. The van der Waals surface area contributed by atoms with Crippen LogP contribution in [0.2, 0.25) is 5.02 Å². The number of hydrazine groups is 1. The second kappa shape index (κ2) is 9.05. The minimum absolute atomic E-state index is 0.248. The van der Waals surface area contributed by atoms with Crippen molar-refractivity contribution in [3.63, 3.8) is 0 Å². The van der Waals surface area contributed by atoms with Crippen LogP contribution in [0.1, 0.15) is 15.9 Å². The number of rotatable bonds is 6. The Kier molecular flexibility index (Phi) is 6.51. The lowest BCUT2D eigenvalue weighted by Gasteiger charge is -2.15. The standard InChI is InChI=1S/C20H15ClN2O3S2/c1-2-10-26-16-8-6-13(7-9-16)11-17-19(25)23(20(27)28-17)22-18(24)14-4-3-5-15(21)12-14/h2-9,11-12H,1,10H2,(H,22,24)/b17-11+. The summed E-state index contributed by atoms with van der Waals surface area (Å²) in [5.41, 5.74) is 3.67. The molecule has 1 heterocycles. The number of carbonyl (C=O) groups is 2. The van der Waals surface area contributed by atoms with Crippen LogP contribution < -0.4 is 10.2 Å². The van der Waals surface area contributed by atoms with Gasteiger partial charge >= 0.3 is 0 Å². The van der Waals surface area contributed by atoms with Gasteiger partial charge in [-0.05, 0) is 54.2 Å². The molecule has 3 rings (SSSR count). The minimum Gasteiger partial charge on any atom is -0.490 e. The number of amides is 2. The van der Waals surface area contributed by atoms with Gasteiger partial charge in [0, 0.05) is 10.6 Å². The molecule has 0 aromatic heterocycles. The summed E-state index contributed by atoms with van der Waals surface area (Å²) in [4.78, 5) is 25.4. The number of benzene rings is 2. The maximum atomic E-state index is 12.6. The minimum atomic E-state index is -0.469. The Morgan fingerprint density at radius 2 is 2.04 bits per heavy atom. The van der Waals surface area contributed by atoms with Crippen molar-refractivity contribution in [2.75, 3.05) is 6.61 Å². The Morgan fingerprint density at radius 1 is 1.29 bits per heavy atom. The molecule has 0 atom stereocenters. The van der Waals surface area contributed by atoms with E-state index in [1.54, 1.807) is 42.5 Å². The van der Waals surface area contributed by atoms with Crippen LogP contribution in [0.4, 0.5) is 0 Å². The Bertz CT molecular complexity index is 974. The van der Waals surface area contributed by atoms with E-state index in [0.717, 1.165) is 22.3 Å². The third-order valence-corrected chi connectivity index (χ3v) is 5.18. The van der Waals surface area contributed by atoms with E-state index in [1.807, 2.05) is 12.1 Å². The van der Waals surface area contributed by atoms with Crippen LogP contribution in [0, 0.1) is 0 Å². The molecule has 2 aromatic carbocycles. The van der Waals surface area contributed by atoms with Gasteiger partial charge < -0.3 is 4.74 Å². The van der Waals surface area contributed by atoms with Gasteiger partial charge in [-0.2, -0.15) is 5.01 Å². The first kappa shape index (κ1) is 20.1. The van der Waals surface area contributed by atoms with Crippen molar-refractivity contribution in [3.05, 3.63) is 82.2 Å².